The highest BCUT2D eigenvalue weighted by molar-refractivity contribution is 7.92. The van der Waals surface area contributed by atoms with Gasteiger partial charge in [-0.25, -0.2) is 8.42 Å². The third kappa shape index (κ3) is 7.64. The highest BCUT2D eigenvalue weighted by atomic mass is 35.5. The molecule has 214 valence electrons. The molecule has 0 saturated heterocycles. The van der Waals surface area contributed by atoms with Crippen LogP contribution < -0.4 is 9.62 Å². The zero-order chi connectivity index (χ0) is 29.6. The first kappa shape index (κ1) is 31.2. The average molecular weight is 584 g/mol. The molecule has 0 aliphatic heterocycles. The van der Waals surface area contributed by atoms with Crippen LogP contribution in [0, 0.1) is 20.8 Å². The fourth-order valence-electron chi connectivity index (χ4n) is 4.13. The molecule has 3 rings (SSSR count). The quantitative estimate of drug-likeness (QED) is 0.309. The first-order valence-corrected chi connectivity index (χ1v) is 15.2. The second kappa shape index (κ2) is 13.3. The van der Waals surface area contributed by atoms with Gasteiger partial charge in [-0.3, -0.25) is 13.9 Å². The monoisotopic (exact) mass is 583 g/mol. The van der Waals surface area contributed by atoms with Crippen molar-refractivity contribution in [1.29, 1.82) is 0 Å². The maximum atomic E-state index is 14.0. The molecule has 3 aromatic rings. The number of nitrogens with zero attached hydrogens (tertiary/aromatic N) is 2. The van der Waals surface area contributed by atoms with Crippen molar-refractivity contribution in [3.8, 4) is 0 Å². The zero-order valence-electron chi connectivity index (χ0n) is 23.9. The number of rotatable bonds is 11. The molecule has 0 bridgehead atoms. The van der Waals surface area contributed by atoms with Gasteiger partial charge >= 0.3 is 0 Å². The summed E-state index contributed by atoms with van der Waals surface area (Å²) in [5, 5.41) is 3.43. The van der Waals surface area contributed by atoms with Crippen LogP contribution in [0.3, 0.4) is 0 Å². The Hall–Kier alpha value is -3.36. The fourth-order valence-corrected chi connectivity index (χ4v) is 5.75. The van der Waals surface area contributed by atoms with E-state index in [1.807, 2.05) is 46.8 Å². The second-order valence-electron chi connectivity index (χ2n) is 10.2. The number of hydrogen-bond donors (Lipinski definition) is 1. The first-order chi connectivity index (χ1) is 18.8. The lowest BCUT2D eigenvalue weighted by Gasteiger charge is -2.32. The summed E-state index contributed by atoms with van der Waals surface area (Å²) < 4.78 is 29.0. The lowest BCUT2D eigenvalue weighted by atomic mass is 10.1. The third-order valence-electron chi connectivity index (χ3n) is 7.08. The number of aryl methyl sites for hydroxylation is 3. The minimum atomic E-state index is -4.11. The minimum Gasteiger partial charge on any atom is -0.352 e. The van der Waals surface area contributed by atoms with Crippen molar-refractivity contribution in [2.75, 3.05) is 10.8 Å². The van der Waals surface area contributed by atoms with Gasteiger partial charge in [0.05, 0.1) is 10.6 Å². The van der Waals surface area contributed by atoms with Crippen molar-refractivity contribution in [2.24, 2.45) is 0 Å². The largest absolute Gasteiger partial charge is 0.352 e. The number of anilines is 1. The SMILES string of the molecule is CCC(C)NC(=O)C(C)N(Cc1cccc(Cl)c1)C(=O)CN(c1ccc(C)c(C)c1)S(=O)(=O)c1ccc(C)cc1. The molecule has 2 atom stereocenters. The summed E-state index contributed by atoms with van der Waals surface area (Å²) in [4.78, 5) is 28.6. The van der Waals surface area contributed by atoms with Crippen LogP contribution in [0.15, 0.2) is 71.6 Å². The summed E-state index contributed by atoms with van der Waals surface area (Å²) in [7, 11) is -4.11. The van der Waals surface area contributed by atoms with E-state index >= 15 is 0 Å². The van der Waals surface area contributed by atoms with Crippen LogP contribution in [0.5, 0.6) is 0 Å². The molecule has 7 nitrogen and oxygen atoms in total. The van der Waals surface area contributed by atoms with E-state index in [0.717, 1.165) is 33.0 Å². The van der Waals surface area contributed by atoms with Gasteiger partial charge in [0, 0.05) is 17.6 Å². The summed E-state index contributed by atoms with van der Waals surface area (Å²) in [5.41, 5.74) is 3.91. The van der Waals surface area contributed by atoms with Crippen LogP contribution >= 0.6 is 11.6 Å². The van der Waals surface area contributed by atoms with Crippen molar-refractivity contribution in [3.63, 3.8) is 0 Å². The molecule has 0 radical (unpaired) electrons. The first-order valence-electron chi connectivity index (χ1n) is 13.3. The summed E-state index contributed by atoms with van der Waals surface area (Å²) in [5.74, 6) is -0.829. The number of carbonyl (C=O) groups is 2. The Bertz CT molecular complexity index is 1460. The summed E-state index contributed by atoms with van der Waals surface area (Å²) >= 11 is 6.20. The number of hydrogen-bond acceptors (Lipinski definition) is 4. The smallest absolute Gasteiger partial charge is 0.264 e. The number of carbonyl (C=O) groups excluding carboxylic acids is 2. The van der Waals surface area contributed by atoms with Gasteiger partial charge in [0.2, 0.25) is 11.8 Å². The molecular weight excluding hydrogens is 546 g/mol. The van der Waals surface area contributed by atoms with E-state index < -0.39 is 28.5 Å². The Morgan fingerprint density at radius 2 is 1.60 bits per heavy atom. The van der Waals surface area contributed by atoms with Gasteiger partial charge < -0.3 is 10.2 Å². The summed E-state index contributed by atoms with van der Waals surface area (Å²) in [6.45, 7) is 10.8. The fraction of sp³-hybridized carbons (Fsp3) is 0.355. The number of halogens is 1. The van der Waals surface area contributed by atoms with Gasteiger partial charge in [0.1, 0.15) is 12.6 Å². The predicted molar refractivity (Wildman–Crippen MR) is 161 cm³/mol. The van der Waals surface area contributed by atoms with Crippen LogP contribution in [-0.2, 0) is 26.2 Å². The predicted octanol–water partition coefficient (Wildman–Crippen LogP) is 5.79. The lowest BCUT2D eigenvalue weighted by molar-refractivity contribution is -0.139. The molecule has 0 spiro atoms. The van der Waals surface area contributed by atoms with E-state index in [-0.39, 0.29) is 23.4 Å². The maximum absolute atomic E-state index is 14.0. The van der Waals surface area contributed by atoms with Crippen LogP contribution in [0.25, 0.3) is 0 Å². The van der Waals surface area contributed by atoms with E-state index in [1.165, 1.54) is 17.0 Å². The second-order valence-corrected chi connectivity index (χ2v) is 12.5. The summed E-state index contributed by atoms with van der Waals surface area (Å²) in [6, 6.07) is 17.9. The van der Waals surface area contributed by atoms with Crippen molar-refractivity contribution in [3.05, 3.63) is 94.0 Å². The van der Waals surface area contributed by atoms with Crippen molar-refractivity contribution in [2.45, 2.75) is 71.5 Å². The van der Waals surface area contributed by atoms with Crippen LogP contribution in [0.1, 0.15) is 49.4 Å². The van der Waals surface area contributed by atoms with E-state index in [1.54, 1.807) is 49.4 Å². The lowest BCUT2D eigenvalue weighted by Crippen LogP contribution is -2.52. The molecule has 0 saturated carbocycles. The molecule has 3 aromatic carbocycles. The molecule has 0 heterocycles. The number of sulfonamides is 1. The van der Waals surface area contributed by atoms with Gasteiger partial charge in [0.25, 0.3) is 10.0 Å². The maximum Gasteiger partial charge on any atom is 0.264 e. The Balaban J connectivity index is 2.05. The highest BCUT2D eigenvalue weighted by Crippen LogP contribution is 2.27. The Morgan fingerprint density at radius 3 is 2.20 bits per heavy atom. The van der Waals surface area contributed by atoms with E-state index in [0.29, 0.717) is 10.7 Å². The van der Waals surface area contributed by atoms with Gasteiger partial charge in [-0.2, -0.15) is 0 Å². The average Bonchev–Trinajstić information content (AvgIpc) is 2.91. The van der Waals surface area contributed by atoms with Crippen molar-refractivity contribution in [1.82, 2.24) is 10.2 Å². The normalized spacial score (nSPS) is 12.9. The molecule has 1 N–H and O–H groups in total. The van der Waals surface area contributed by atoms with Gasteiger partial charge in [-0.1, -0.05) is 54.4 Å². The highest BCUT2D eigenvalue weighted by Gasteiger charge is 2.33. The molecule has 0 aliphatic carbocycles. The molecule has 0 aromatic heterocycles. The molecule has 0 fully saturated rings. The molecule has 40 heavy (non-hydrogen) atoms. The van der Waals surface area contributed by atoms with Gasteiger partial charge in [-0.05, 0) is 94.1 Å². The van der Waals surface area contributed by atoms with Crippen molar-refractivity contribution < 1.29 is 18.0 Å². The molecule has 2 unspecified atom stereocenters. The Kier molecular flexibility index (Phi) is 10.4. The Morgan fingerprint density at radius 1 is 0.925 bits per heavy atom. The van der Waals surface area contributed by atoms with E-state index in [9.17, 15) is 18.0 Å². The minimum absolute atomic E-state index is 0.0768. The van der Waals surface area contributed by atoms with E-state index in [4.69, 9.17) is 11.6 Å². The van der Waals surface area contributed by atoms with Crippen LogP contribution in [-0.4, -0.2) is 43.8 Å². The summed E-state index contributed by atoms with van der Waals surface area (Å²) in [6.07, 6.45) is 0.732. The number of amides is 2. The topological polar surface area (TPSA) is 86.8 Å². The van der Waals surface area contributed by atoms with Gasteiger partial charge in [0.15, 0.2) is 0 Å². The Labute approximate surface area is 243 Å². The van der Waals surface area contributed by atoms with Crippen LogP contribution in [0.4, 0.5) is 5.69 Å². The standard InChI is InChI=1S/C31H38ClN3O4S/c1-7-24(5)33-31(37)25(6)34(19-26-9-8-10-27(32)18-26)30(36)20-35(28-14-13-22(3)23(4)17-28)40(38,39)29-15-11-21(2)12-16-29/h8-18,24-25H,7,19-20H2,1-6H3,(H,33,37). The van der Waals surface area contributed by atoms with Gasteiger partial charge in [-0.15, -0.1) is 0 Å². The molecule has 9 heteroatoms. The molecule has 2 amide bonds. The zero-order valence-corrected chi connectivity index (χ0v) is 25.5. The van der Waals surface area contributed by atoms with Crippen LogP contribution in [0.2, 0.25) is 5.02 Å². The van der Waals surface area contributed by atoms with E-state index in [2.05, 4.69) is 5.32 Å². The number of nitrogens with one attached hydrogen (secondary N) is 1. The molecular formula is C31H38ClN3O4S. The third-order valence-corrected chi connectivity index (χ3v) is 9.10. The van der Waals surface area contributed by atoms with Crippen molar-refractivity contribution >= 4 is 39.1 Å². The number of benzene rings is 3. The molecule has 0 aliphatic rings.